The number of aliphatic hydroxyl groups is 1. The lowest BCUT2D eigenvalue weighted by Crippen LogP contribution is -2.05. The first-order valence-corrected chi connectivity index (χ1v) is 6.22. The van der Waals surface area contributed by atoms with Crippen LogP contribution in [-0.2, 0) is 7.05 Å². The lowest BCUT2D eigenvalue weighted by Gasteiger charge is -2.00. The number of hydrogen-bond acceptors (Lipinski definition) is 5. The van der Waals surface area contributed by atoms with Crippen LogP contribution in [0.4, 0.5) is 0 Å². The molecule has 0 saturated carbocycles. The van der Waals surface area contributed by atoms with E-state index in [0.717, 1.165) is 16.5 Å². The van der Waals surface area contributed by atoms with Crippen LogP contribution in [0.1, 0.15) is 17.5 Å². The first-order valence-electron chi connectivity index (χ1n) is 6.22. The van der Waals surface area contributed by atoms with Crippen molar-refractivity contribution in [2.75, 3.05) is 6.54 Å². The number of aryl methyl sites for hydroxylation is 1. The Morgan fingerprint density at radius 3 is 3.10 bits per heavy atom. The summed E-state index contributed by atoms with van der Waals surface area (Å²) in [7, 11) is 1.65. The molecule has 1 atom stereocenters. The van der Waals surface area contributed by atoms with Gasteiger partial charge >= 0.3 is 0 Å². The molecule has 20 heavy (non-hydrogen) atoms. The SMILES string of the molecule is Cn1nnc([C@@H](O)CN=Cc2c[nH]c3ccccc23)n1. The van der Waals surface area contributed by atoms with Crippen molar-refractivity contribution in [2.45, 2.75) is 6.10 Å². The second kappa shape index (κ2) is 5.22. The number of rotatable bonds is 4. The number of aromatic amines is 1. The number of fused-ring (bicyclic) bond motifs is 1. The second-order valence-electron chi connectivity index (χ2n) is 4.44. The number of hydrogen-bond donors (Lipinski definition) is 2. The minimum absolute atomic E-state index is 0.200. The van der Waals surface area contributed by atoms with E-state index >= 15 is 0 Å². The number of nitrogens with one attached hydrogen (secondary N) is 1. The summed E-state index contributed by atoms with van der Waals surface area (Å²) in [5.41, 5.74) is 2.05. The number of aliphatic imine (C=N–C) groups is 1. The van der Waals surface area contributed by atoms with E-state index in [1.54, 1.807) is 13.3 Å². The predicted octanol–water partition coefficient (Wildman–Crippen LogP) is 0.844. The van der Waals surface area contributed by atoms with Gasteiger partial charge in [0.2, 0.25) is 5.82 Å². The highest BCUT2D eigenvalue weighted by Crippen LogP contribution is 2.16. The van der Waals surface area contributed by atoms with Gasteiger partial charge in [0.1, 0.15) is 6.10 Å². The molecule has 3 rings (SSSR count). The van der Waals surface area contributed by atoms with Gasteiger partial charge in [-0.1, -0.05) is 18.2 Å². The molecule has 1 aromatic carbocycles. The summed E-state index contributed by atoms with van der Waals surface area (Å²) in [6, 6.07) is 7.98. The number of aliphatic hydroxyl groups excluding tert-OH is 1. The van der Waals surface area contributed by atoms with E-state index in [1.807, 2.05) is 30.5 Å². The second-order valence-corrected chi connectivity index (χ2v) is 4.44. The zero-order valence-electron chi connectivity index (χ0n) is 10.9. The van der Waals surface area contributed by atoms with Crippen LogP contribution in [0.15, 0.2) is 35.5 Å². The Balaban J connectivity index is 1.71. The summed E-state index contributed by atoms with van der Waals surface area (Å²) in [5, 5.41) is 22.3. The Labute approximate surface area is 115 Å². The number of benzene rings is 1. The van der Waals surface area contributed by atoms with Gasteiger partial charge in [-0.2, -0.15) is 4.80 Å². The lowest BCUT2D eigenvalue weighted by atomic mass is 10.2. The van der Waals surface area contributed by atoms with Crippen molar-refractivity contribution in [1.82, 2.24) is 25.2 Å². The average Bonchev–Trinajstić information content (AvgIpc) is 3.06. The maximum absolute atomic E-state index is 9.88. The van der Waals surface area contributed by atoms with Crippen molar-refractivity contribution in [2.24, 2.45) is 12.0 Å². The molecule has 0 unspecified atom stereocenters. The maximum atomic E-state index is 9.88. The summed E-state index contributed by atoms with van der Waals surface area (Å²) in [6.07, 6.45) is 2.78. The molecule has 2 heterocycles. The monoisotopic (exact) mass is 270 g/mol. The molecule has 0 bridgehead atoms. The molecular weight excluding hydrogens is 256 g/mol. The van der Waals surface area contributed by atoms with E-state index in [9.17, 15) is 5.11 Å². The van der Waals surface area contributed by atoms with Gasteiger partial charge in [0.25, 0.3) is 0 Å². The Hall–Kier alpha value is -2.54. The maximum Gasteiger partial charge on any atom is 0.205 e. The van der Waals surface area contributed by atoms with E-state index in [-0.39, 0.29) is 12.4 Å². The van der Waals surface area contributed by atoms with E-state index in [4.69, 9.17) is 0 Å². The number of nitrogens with zero attached hydrogens (tertiary/aromatic N) is 5. The topological polar surface area (TPSA) is 92.0 Å². The van der Waals surface area contributed by atoms with Gasteiger partial charge in [-0.25, -0.2) is 0 Å². The number of H-pyrrole nitrogens is 1. The van der Waals surface area contributed by atoms with Crippen LogP contribution < -0.4 is 0 Å². The predicted molar refractivity (Wildman–Crippen MR) is 74.5 cm³/mol. The molecular formula is C13H14N6O. The molecule has 0 amide bonds. The van der Waals surface area contributed by atoms with Crippen LogP contribution in [0.2, 0.25) is 0 Å². The number of aromatic nitrogens is 5. The Kier molecular flexibility index (Phi) is 3.26. The molecule has 2 N–H and O–H groups in total. The molecule has 0 spiro atoms. The van der Waals surface area contributed by atoms with E-state index < -0.39 is 6.10 Å². The fraction of sp³-hybridized carbons (Fsp3) is 0.231. The lowest BCUT2D eigenvalue weighted by molar-refractivity contribution is 0.177. The van der Waals surface area contributed by atoms with Crippen molar-refractivity contribution in [1.29, 1.82) is 0 Å². The van der Waals surface area contributed by atoms with Gasteiger partial charge in [0.05, 0.1) is 13.6 Å². The molecule has 0 fully saturated rings. The molecule has 2 aromatic heterocycles. The summed E-state index contributed by atoms with van der Waals surface area (Å²) < 4.78 is 0. The zero-order valence-corrected chi connectivity index (χ0v) is 10.9. The summed E-state index contributed by atoms with van der Waals surface area (Å²) in [6.45, 7) is 0.200. The van der Waals surface area contributed by atoms with Crippen molar-refractivity contribution in [3.05, 3.63) is 41.9 Å². The molecule has 0 radical (unpaired) electrons. The molecule has 0 saturated heterocycles. The highest BCUT2D eigenvalue weighted by molar-refractivity contribution is 5.98. The summed E-state index contributed by atoms with van der Waals surface area (Å²) >= 11 is 0. The van der Waals surface area contributed by atoms with Crippen molar-refractivity contribution in [3.63, 3.8) is 0 Å². The van der Waals surface area contributed by atoms with Crippen LogP contribution in [-0.4, -0.2) is 43.1 Å². The molecule has 7 nitrogen and oxygen atoms in total. The Bertz CT molecular complexity index is 744. The van der Waals surface area contributed by atoms with Crippen LogP contribution in [0, 0.1) is 0 Å². The van der Waals surface area contributed by atoms with Gasteiger partial charge in [-0.3, -0.25) is 4.99 Å². The van der Waals surface area contributed by atoms with Gasteiger partial charge in [-0.05, 0) is 11.3 Å². The fourth-order valence-electron chi connectivity index (χ4n) is 1.97. The van der Waals surface area contributed by atoms with Crippen LogP contribution in [0.5, 0.6) is 0 Å². The first kappa shape index (κ1) is 12.5. The van der Waals surface area contributed by atoms with Gasteiger partial charge in [-0.15, -0.1) is 10.2 Å². The van der Waals surface area contributed by atoms with Crippen molar-refractivity contribution < 1.29 is 5.11 Å². The number of para-hydroxylation sites is 1. The summed E-state index contributed by atoms with van der Waals surface area (Å²) in [5.74, 6) is 0.281. The Morgan fingerprint density at radius 1 is 1.45 bits per heavy atom. The fourth-order valence-corrected chi connectivity index (χ4v) is 1.97. The first-order chi connectivity index (χ1) is 9.74. The minimum Gasteiger partial charge on any atom is -0.383 e. The van der Waals surface area contributed by atoms with Gasteiger partial charge < -0.3 is 10.1 Å². The molecule has 7 heteroatoms. The number of tetrazole rings is 1. The van der Waals surface area contributed by atoms with Crippen molar-refractivity contribution in [3.8, 4) is 0 Å². The van der Waals surface area contributed by atoms with Crippen molar-refractivity contribution >= 4 is 17.1 Å². The van der Waals surface area contributed by atoms with E-state index in [0.29, 0.717) is 0 Å². The minimum atomic E-state index is -0.842. The normalized spacial score (nSPS) is 13.3. The standard InChI is InChI=1S/C13H14N6O/c1-19-17-13(16-18-19)12(20)8-14-6-9-7-15-11-5-3-2-4-10(9)11/h2-7,12,15,20H,8H2,1H3/t12-/m0/s1. The average molecular weight is 270 g/mol. The zero-order chi connectivity index (χ0) is 13.9. The Morgan fingerprint density at radius 2 is 2.30 bits per heavy atom. The molecule has 0 aliphatic carbocycles. The quantitative estimate of drug-likeness (QED) is 0.687. The smallest absolute Gasteiger partial charge is 0.205 e. The van der Waals surface area contributed by atoms with E-state index in [2.05, 4.69) is 25.4 Å². The van der Waals surface area contributed by atoms with Crippen LogP contribution in [0.25, 0.3) is 10.9 Å². The highest BCUT2D eigenvalue weighted by Gasteiger charge is 2.12. The third-order valence-electron chi connectivity index (χ3n) is 2.95. The third kappa shape index (κ3) is 2.43. The van der Waals surface area contributed by atoms with Gasteiger partial charge in [0, 0.05) is 28.9 Å². The van der Waals surface area contributed by atoms with Gasteiger partial charge in [0.15, 0.2) is 0 Å². The van der Waals surface area contributed by atoms with E-state index in [1.165, 1.54) is 4.80 Å². The molecule has 3 aromatic rings. The molecule has 0 aliphatic rings. The van der Waals surface area contributed by atoms with Crippen LogP contribution in [0.3, 0.4) is 0 Å². The third-order valence-corrected chi connectivity index (χ3v) is 2.95. The molecule has 0 aliphatic heterocycles. The largest absolute Gasteiger partial charge is 0.383 e. The molecule has 102 valence electrons. The van der Waals surface area contributed by atoms with Crippen LogP contribution >= 0.6 is 0 Å². The highest BCUT2D eigenvalue weighted by atomic mass is 16.3. The summed E-state index contributed by atoms with van der Waals surface area (Å²) in [4.78, 5) is 8.71.